The molecule has 11 heteroatoms. The van der Waals surface area contributed by atoms with Gasteiger partial charge in [-0.3, -0.25) is 28.8 Å². The number of nitrogens with one attached hydrogen (secondary N) is 1. The highest BCUT2D eigenvalue weighted by Crippen LogP contribution is 2.34. The van der Waals surface area contributed by atoms with Gasteiger partial charge in [0.25, 0.3) is 5.56 Å². The van der Waals surface area contributed by atoms with E-state index in [1.54, 1.807) is 0 Å². The number of likely N-dealkylation sites (tertiary alicyclic amines) is 1. The Bertz CT molecular complexity index is 858. The van der Waals surface area contributed by atoms with Crippen LogP contribution in [0, 0.1) is 6.92 Å². The molecule has 0 aromatic carbocycles. The van der Waals surface area contributed by atoms with Crippen molar-refractivity contribution >= 4 is 18.0 Å². The summed E-state index contributed by atoms with van der Waals surface area (Å²) in [5.74, 6) is -1.18. The van der Waals surface area contributed by atoms with Crippen LogP contribution < -0.4 is 11.2 Å². The van der Waals surface area contributed by atoms with Crippen LogP contribution in [0.5, 0.6) is 0 Å². The second kappa shape index (κ2) is 8.06. The minimum absolute atomic E-state index is 0.0476. The first-order valence-electron chi connectivity index (χ1n) is 8.14. The fourth-order valence-electron chi connectivity index (χ4n) is 3.03. The van der Waals surface area contributed by atoms with Gasteiger partial charge in [-0.2, -0.15) is 0 Å². The van der Waals surface area contributed by atoms with Crippen molar-refractivity contribution in [2.45, 2.75) is 45.5 Å². The first-order valence-corrected chi connectivity index (χ1v) is 8.14. The van der Waals surface area contributed by atoms with Gasteiger partial charge in [-0.25, -0.2) is 9.59 Å². The molecule has 1 aliphatic heterocycles. The van der Waals surface area contributed by atoms with Crippen LogP contribution in [0.1, 0.15) is 32.0 Å². The number of nitrogens with zero attached hydrogens (tertiary/aromatic N) is 2. The summed E-state index contributed by atoms with van der Waals surface area (Å²) < 4.78 is 16.2. The van der Waals surface area contributed by atoms with Crippen molar-refractivity contribution in [3.63, 3.8) is 0 Å². The lowest BCUT2D eigenvalue weighted by Crippen LogP contribution is -2.47. The zero-order valence-electron chi connectivity index (χ0n) is 15.4. The predicted octanol–water partition coefficient (Wildman–Crippen LogP) is -0.321. The monoisotopic (exact) mass is 383 g/mol. The first kappa shape index (κ1) is 20.2. The third kappa shape index (κ3) is 4.36. The predicted molar refractivity (Wildman–Crippen MR) is 89.9 cm³/mol. The lowest BCUT2D eigenvalue weighted by atomic mass is 10.1. The molecule has 0 radical (unpaired) electrons. The van der Waals surface area contributed by atoms with Gasteiger partial charge >= 0.3 is 23.7 Å². The van der Waals surface area contributed by atoms with E-state index in [0.29, 0.717) is 0 Å². The molecule has 3 atom stereocenters. The van der Waals surface area contributed by atoms with E-state index in [9.17, 15) is 24.0 Å². The molecule has 1 aliphatic rings. The van der Waals surface area contributed by atoms with E-state index in [1.165, 1.54) is 27.0 Å². The fraction of sp³-hybridized carbons (Fsp3) is 0.562. The molecule has 1 amide bonds. The summed E-state index contributed by atoms with van der Waals surface area (Å²) in [7, 11) is 1.16. The van der Waals surface area contributed by atoms with Gasteiger partial charge < -0.3 is 14.2 Å². The van der Waals surface area contributed by atoms with Gasteiger partial charge in [0, 0.05) is 32.0 Å². The van der Waals surface area contributed by atoms with Gasteiger partial charge in [0.15, 0.2) is 0 Å². The van der Waals surface area contributed by atoms with Crippen molar-refractivity contribution in [1.29, 1.82) is 0 Å². The third-order valence-corrected chi connectivity index (χ3v) is 4.18. The maximum Gasteiger partial charge on any atom is 0.411 e. The Morgan fingerprint density at radius 3 is 2.44 bits per heavy atom. The number of rotatable bonds is 4. The van der Waals surface area contributed by atoms with Crippen LogP contribution >= 0.6 is 0 Å². The number of methoxy groups -OCH3 is 1. The van der Waals surface area contributed by atoms with Gasteiger partial charge in [0.05, 0.1) is 7.11 Å². The van der Waals surface area contributed by atoms with Crippen LogP contribution in [0.2, 0.25) is 0 Å². The maximum atomic E-state index is 12.4. The van der Waals surface area contributed by atoms with Crippen LogP contribution in [-0.2, 0) is 23.8 Å². The molecule has 0 bridgehead atoms. The van der Waals surface area contributed by atoms with E-state index < -0.39 is 47.6 Å². The summed E-state index contributed by atoms with van der Waals surface area (Å²) >= 11 is 0. The fourth-order valence-corrected chi connectivity index (χ4v) is 3.03. The summed E-state index contributed by atoms with van der Waals surface area (Å²) in [6.45, 7) is 3.66. The Kier molecular flexibility index (Phi) is 6.03. The van der Waals surface area contributed by atoms with Gasteiger partial charge in [0.2, 0.25) is 0 Å². The second-order valence-corrected chi connectivity index (χ2v) is 6.09. The normalized spacial score (nSPS) is 21.6. The number of aromatic amines is 1. The summed E-state index contributed by atoms with van der Waals surface area (Å²) in [5, 5.41) is 0. The molecule has 3 unspecified atom stereocenters. The molecule has 148 valence electrons. The molecule has 1 N–H and O–H groups in total. The van der Waals surface area contributed by atoms with Crippen LogP contribution in [-0.4, -0.2) is 58.3 Å². The van der Waals surface area contributed by atoms with E-state index in [-0.39, 0.29) is 18.6 Å². The van der Waals surface area contributed by atoms with Crippen LogP contribution in [0.25, 0.3) is 0 Å². The summed E-state index contributed by atoms with van der Waals surface area (Å²) in [6.07, 6.45) is -1.20. The van der Waals surface area contributed by atoms with Gasteiger partial charge in [0.1, 0.15) is 24.9 Å². The van der Waals surface area contributed by atoms with Gasteiger partial charge in [-0.15, -0.1) is 0 Å². The van der Waals surface area contributed by atoms with Crippen molar-refractivity contribution in [1.82, 2.24) is 14.5 Å². The molecule has 1 fully saturated rings. The number of carbonyl (C=O) groups is 3. The highest BCUT2D eigenvalue weighted by molar-refractivity contribution is 5.70. The van der Waals surface area contributed by atoms with Crippen molar-refractivity contribution in [3.05, 3.63) is 32.6 Å². The molecule has 2 heterocycles. The highest BCUT2D eigenvalue weighted by Gasteiger charge is 2.48. The Balaban J connectivity index is 2.51. The average molecular weight is 383 g/mol. The highest BCUT2D eigenvalue weighted by atomic mass is 16.6. The zero-order valence-corrected chi connectivity index (χ0v) is 15.4. The molecular weight excluding hydrogens is 362 g/mol. The summed E-state index contributed by atoms with van der Waals surface area (Å²) in [5.41, 5.74) is -1.03. The maximum absolute atomic E-state index is 12.4. The lowest BCUT2D eigenvalue weighted by molar-refractivity contribution is -0.150. The van der Waals surface area contributed by atoms with Crippen molar-refractivity contribution in [2.75, 3.05) is 13.7 Å². The standard InChI is InChI=1S/C16H21N3O8/c1-8-6-18(15(23)17-14(8)22)13-5-12(27-10(3)21)11(7-26-9(2)20)19(13)16(24)25-4/h6,11-13H,5,7H2,1-4H3,(H,17,22,23). The number of H-pyrrole nitrogens is 1. The lowest BCUT2D eigenvalue weighted by Gasteiger charge is -2.30. The Hall–Kier alpha value is -3.11. The van der Waals surface area contributed by atoms with Crippen molar-refractivity contribution in [2.24, 2.45) is 0 Å². The molecule has 0 spiro atoms. The number of aromatic nitrogens is 2. The number of hydrogen-bond donors (Lipinski definition) is 1. The Morgan fingerprint density at radius 2 is 1.89 bits per heavy atom. The first-order chi connectivity index (χ1) is 12.6. The van der Waals surface area contributed by atoms with Gasteiger partial charge in [-0.1, -0.05) is 0 Å². The third-order valence-electron chi connectivity index (χ3n) is 4.18. The van der Waals surface area contributed by atoms with E-state index in [0.717, 1.165) is 16.6 Å². The largest absolute Gasteiger partial charge is 0.464 e. The van der Waals surface area contributed by atoms with E-state index >= 15 is 0 Å². The Morgan fingerprint density at radius 1 is 1.22 bits per heavy atom. The second-order valence-electron chi connectivity index (χ2n) is 6.09. The molecule has 0 saturated carbocycles. The van der Waals surface area contributed by atoms with Crippen molar-refractivity contribution < 1.29 is 28.6 Å². The van der Waals surface area contributed by atoms with Gasteiger partial charge in [-0.05, 0) is 6.92 Å². The SMILES string of the molecule is COC(=O)N1C(COC(C)=O)C(OC(C)=O)CC1n1cc(C)c(=O)[nH]c1=O. The van der Waals surface area contributed by atoms with Crippen molar-refractivity contribution in [3.8, 4) is 0 Å². The minimum atomic E-state index is -0.912. The number of esters is 2. The molecule has 11 nitrogen and oxygen atoms in total. The number of carbonyl (C=O) groups excluding carboxylic acids is 3. The van der Waals surface area contributed by atoms with Crippen LogP contribution in [0.3, 0.4) is 0 Å². The quantitative estimate of drug-likeness (QED) is 0.552. The number of hydrogen-bond acceptors (Lipinski definition) is 8. The smallest absolute Gasteiger partial charge is 0.411 e. The number of aryl methyl sites for hydroxylation is 1. The number of ether oxygens (including phenoxy) is 3. The molecule has 0 aliphatic carbocycles. The zero-order chi connectivity index (χ0) is 20.3. The van der Waals surface area contributed by atoms with E-state index in [1.807, 2.05) is 0 Å². The van der Waals surface area contributed by atoms with Crippen LogP contribution in [0.15, 0.2) is 15.8 Å². The molecular formula is C16H21N3O8. The molecule has 2 rings (SSSR count). The molecule has 1 aromatic heterocycles. The summed E-state index contributed by atoms with van der Waals surface area (Å²) in [6, 6.07) is -0.866. The topological polar surface area (TPSA) is 137 Å². The average Bonchev–Trinajstić information content (AvgIpc) is 2.92. The van der Waals surface area contributed by atoms with Crippen LogP contribution in [0.4, 0.5) is 4.79 Å². The minimum Gasteiger partial charge on any atom is -0.464 e. The molecule has 1 aromatic rings. The van der Waals surface area contributed by atoms with E-state index in [2.05, 4.69) is 4.98 Å². The number of amides is 1. The Labute approximate surface area is 153 Å². The summed E-state index contributed by atoms with van der Waals surface area (Å²) in [4.78, 5) is 62.3. The molecule has 27 heavy (non-hydrogen) atoms. The molecule has 1 saturated heterocycles. The van der Waals surface area contributed by atoms with E-state index in [4.69, 9.17) is 14.2 Å².